The van der Waals surface area contributed by atoms with Crippen molar-refractivity contribution < 1.29 is 23.1 Å². The molecule has 0 radical (unpaired) electrons. The van der Waals surface area contributed by atoms with Crippen LogP contribution in [0.5, 0.6) is 0 Å². The van der Waals surface area contributed by atoms with Crippen molar-refractivity contribution in [1.29, 1.82) is 0 Å². The summed E-state index contributed by atoms with van der Waals surface area (Å²) in [6.07, 6.45) is 1.06. The fraction of sp³-hybridized carbons (Fsp3) is 0.364. The first-order valence-electron chi connectivity index (χ1n) is 9.93. The van der Waals surface area contributed by atoms with Crippen LogP contribution in [0, 0.1) is 0 Å². The zero-order valence-electron chi connectivity index (χ0n) is 17.8. The van der Waals surface area contributed by atoms with E-state index in [2.05, 4.69) is 5.32 Å². The van der Waals surface area contributed by atoms with Gasteiger partial charge in [-0.05, 0) is 18.1 Å². The summed E-state index contributed by atoms with van der Waals surface area (Å²) in [4.78, 5) is 27.0. The predicted molar refractivity (Wildman–Crippen MR) is 118 cm³/mol. The Morgan fingerprint density at radius 1 is 0.968 bits per heavy atom. The Kier molecular flexibility index (Phi) is 9.17. The van der Waals surface area contributed by atoms with Crippen LogP contribution in [0.15, 0.2) is 60.7 Å². The summed E-state index contributed by atoms with van der Waals surface area (Å²) < 4.78 is 25.8. The van der Waals surface area contributed by atoms with Gasteiger partial charge in [-0.25, -0.2) is 8.42 Å². The van der Waals surface area contributed by atoms with Crippen LogP contribution in [0.25, 0.3) is 0 Å². The largest absolute Gasteiger partial charge is 0.395 e. The van der Waals surface area contributed by atoms with Crippen LogP contribution in [0.2, 0.25) is 0 Å². The summed E-state index contributed by atoms with van der Waals surface area (Å²) in [6.45, 7) is 1.24. The molecule has 0 aliphatic rings. The Labute approximate surface area is 183 Å². The van der Waals surface area contributed by atoms with Crippen molar-refractivity contribution in [3.05, 3.63) is 71.8 Å². The van der Waals surface area contributed by atoms with Gasteiger partial charge in [0.15, 0.2) is 0 Å². The standard InChI is InChI=1S/C22H29N3O5S/c1-18(22(28)23-13-14-26)25(16-20-11-7-4-8-12-20)21(27)17-24(31(2,29)30)15-19-9-5-3-6-10-19/h3-12,18,26H,13-17H2,1-2H3,(H,23,28). The van der Waals surface area contributed by atoms with Crippen LogP contribution in [-0.4, -0.2) is 66.5 Å². The number of aliphatic hydroxyl groups excluding tert-OH is 1. The van der Waals surface area contributed by atoms with E-state index in [-0.39, 0.29) is 26.2 Å². The van der Waals surface area contributed by atoms with Gasteiger partial charge in [-0.15, -0.1) is 0 Å². The average Bonchev–Trinajstić information content (AvgIpc) is 2.75. The van der Waals surface area contributed by atoms with Gasteiger partial charge in [0, 0.05) is 19.6 Å². The summed E-state index contributed by atoms with van der Waals surface area (Å²) >= 11 is 0. The SMILES string of the molecule is CC(C(=O)NCCO)N(Cc1ccccc1)C(=O)CN(Cc1ccccc1)S(C)(=O)=O. The first kappa shape index (κ1) is 24.5. The zero-order valence-corrected chi connectivity index (χ0v) is 18.6. The van der Waals surface area contributed by atoms with Gasteiger partial charge in [-0.3, -0.25) is 9.59 Å². The summed E-state index contributed by atoms with van der Waals surface area (Å²) in [5.41, 5.74) is 1.57. The van der Waals surface area contributed by atoms with Gasteiger partial charge in [-0.2, -0.15) is 4.31 Å². The van der Waals surface area contributed by atoms with Crippen LogP contribution < -0.4 is 5.32 Å². The number of hydrogen-bond donors (Lipinski definition) is 2. The number of sulfonamides is 1. The molecule has 0 saturated carbocycles. The second-order valence-electron chi connectivity index (χ2n) is 7.21. The number of hydrogen-bond acceptors (Lipinski definition) is 5. The number of aliphatic hydroxyl groups is 1. The van der Waals surface area contributed by atoms with Gasteiger partial charge in [0.25, 0.3) is 0 Å². The maximum Gasteiger partial charge on any atom is 0.242 e. The molecule has 2 rings (SSSR count). The van der Waals surface area contributed by atoms with Gasteiger partial charge in [0.2, 0.25) is 21.8 Å². The molecule has 0 aromatic heterocycles. The molecule has 0 aliphatic heterocycles. The number of nitrogens with zero attached hydrogens (tertiary/aromatic N) is 2. The van der Waals surface area contributed by atoms with Crippen molar-refractivity contribution in [3.63, 3.8) is 0 Å². The third-order valence-electron chi connectivity index (χ3n) is 4.76. The lowest BCUT2D eigenvalue weighted by molar-refractivity contribution is -0.140. The van der Waals surface area contributed by atoms with E-state index in [0.717, 1.165) is 21.7 Å². The first-order chi connectivity index (χ1) is 14.7. The van der Waals surface area contributed by atoms with E-state index in [4.69, 9.17) is 5.11 Å². The van der Waals surface area contributed by atoms with Crippen LogP contribution >= 0.6 is 0 Å². The summed E-state index contributed by atoms with van der Waals surface area (Å²) in [7, 11) is -3.67. The highest BCUT2D eigenvalue weighted by molar-refractivity contribution is 7.88. The topological polar surface area (TPSA) is 107 Å². The van der Waals surface area contributed by atoms with Crippen molar-refractivity contribution >= 4 is 21.8 Å². The lowest BCUT2D eigenvalue weighted by atomic mass is 10.1. The fourth-order valence-electron chi connectivity index (χ4n) is 3.01. The molecule has 0 heterocycles. The molecule has 0 fully saturated rings. The van der Waals surface area contributed by atoms with E-state index in [0.29, 0.717) is 0 Å². The Hall–Kier alpha value is -2.75. The van der Waals surface area contributed by atoms with Gasteiger partial charge >= 0.3 is 0 Å². The van der Waals surface area contributed by atoms with E-state index >= 15 is 0 Å². The number of amides is 2. The summed E-state index contributed by atoms with van der Waals surface area (Å²) in [5, 5.41) is 11.5. The number of rotatable bonds is 11. The van der Waals surface area contributed by atoms with E-state index in [1.165, 1.54) is 4.90 Å². The Morgan fingerprint density at radius 2 is 1.48 bits per heavy atom. The molecule has 8 nitrogen and oxygen atoms in total. The summed E-state index contributed by atoms with van der Waals surface area (Å²) in [6, 6.07) is 17.3. The first-order valence-corrected chi connectivity index (χ1v) is 11.8. The van der Waals surface area contributed by atoms with Crippen molar-refractivity contribution in [2.24, 2.45) is 0 Å². The molecule has 168 valence electrons. The summed E-state index contributed by atoms with van der Waals surface area (Å²) in [5.74, 6) is -0.913. The minimum Gasteiger partial charge on any atom is -0.395 e. The minimum atomic E-state index is -3.67. The van der Waals surface area contributed by atoms with Gasteiger partial charge < -0.3 is 15.3 Å². The van der Waals surface area contributed by atoms with Crippen molar-refractivity contribution in [2.45, 2.75) is 26.1 Å². The van der Waals surface area contributed by atoms with E-state index in [1.54, 1.807) is 31.2 Å². The van der Waals surface area contributed by atoms with Gasteiger partial charge in [-0.1, -0.05) is 60.7 Å². The highest BCUT2D eigenvalue weighted by atomic mass is 32.2. The second-order valence-corrected chi connectivity index (χ2v) is 9.20. The average molecular weight is 448 g/mol. The maximum absolute atomic E-state index is 13.2. The molecule has 0 bridgehead atoms. The van der Waals surface area contributed by atoms with Crippen molar-refractivity contribution in [2.75, 3.05) is 26.0 Å². The quantitative estimate of drug-likeness (QED) is 0.534. The van der Waals surface area contributed by atoms with Crippen LogP contribution in [0.3, 0.4) is 0 Å². The lowest BCUT2D eigenvalue weighted by Gasteiger charge is -2.31. The maximum atomic E-state index is 13.2. The monoisotopic (exact) mass is 447 g/mol. The van der Waals surface area contributed by atoms with E-state index in [1.807, 2.05) is 36.4 Å². The number of carbonyl (C=O) groups is 2. The predicted octanol–water partition coefficient (Wildman–Crippen LogP) is 0.974. The molecule has 0 saturated heterocycles. The third-order valence-corrected chi connectivity index (χ3v) is 5.95. The van der Waals surface area contributed by atoms with E-state index < -0.39 is 34.4 Å². The molecule has 0 spiro atoms. The molecule has 2 aromatic carbocycles. The molecule has 2 aromatic rings. The van der Waals surface area contributed by atoms with E-state index in [9.17, 15) is 18.0 Å². The highest BCUT2D eigenvalue weighted by Crippen LogP contribution is 2.13. The molecule has 2 amide bonds. The molecular formula is C22H29N3O5S. The van der Waals surface area contributed by atoms with Crippen LogP contribution in [0.1, 0.15) is 18.1 Å². The number of benzene rings is 2. The Bertz CT molecular complexity index is 952. The van der Waals surface area contributed by atoms with Crippen LogP contribution in [-0.2, 0) is 32.7 Å². The molecular weight excluding hydrogens is 418 g/mol. The zero-order chi connectivity index (χ0) is 22.9. The minimum absolute atomic E-state index is 0.0513. The van der Waals surface area contributed by atoms with Gasteiger partial charge in [0.05, 0.1) is 19.4 Å². The van der Waals surface area contributed by atoms with Crippen molar-refractivity contribution in [3.8, 4) is 0 Å². The molecule has 1 atom stereocenters. The Balaban J connectivity index is 2.25. The molecule has 0 aliphatic carbocycles. The molecule has 31 heavy (non-hydrogen) atoms. The molecule has 2 N–H and O–H groups in total. The fourth-order valence-corrected chi connectivity index (χ4v) is 3.74. The smallest absolute Gasteiger partial charge is 0.242 e. The number of nitrogens with one attached hydrogen (secondary N) is 1. The number of carbonyl (C=O) groups excluding carboxylic acids is 2. The normalized spacial score (nSPS) is 12.4. The third kappa shape index (κ3) is 7.78. The lowest BCUT2D eigenvalue weighted by Crippen LogP contribution is -2.51. The second kappa shape index (κ2) is 11.6. The van der Waals surface area contributed by atoms with Crippen molar-refractivity contribution in [1.82, 2.24) is 14.5 Å². The van der Waals surface area contributed by atoms with Gasteiger partial charge in [0.1, 0.15) is 6.04 Å². The Morgan fingerprint density at radius 3 is 1.97 bits per heavy atom. The molecule has 1 unspecified atom stereocenters. The molecule has 9 heteroatoms. The highest BCUT2D eigenvalue weighted by Gasteiger charge is 2.29. The van der Waals surface area contributed by atoms with Crippen LogP contribution in [0.4, 0.5) is 0 Å².